The summed E-state index contributed by atoms with van der Waals surface area (Å²) < 4.78 is 23.5. The van der Waals surface area contributed by atoms with Crippen molar-refractivity contribution in [1.29, 1.82) is 0 Å². The molecule has 0 aromatic heterocycles. The molecule has 0 aliphatic carbocycles. The van der Waals surface area contributed by atoms with E-state index < -0.39 is 35.9 Å². The molecule has 0 radical (unpaired) electrons. The van der Waals surface area contributed by atoms with E-state index in [1.165, 1.54) is 13.8 Å². The second-order valence-corrected chi connectivity index (χ2v) is 8.18. The molecule has 3 aromatic rings. The molecular formula is C28H28O6. The zero-order chi connectivity index (χ0) is 24.0. The molecule has 1 heterocycles. The van der Waals surface area contributed by atoms with Crippen LogP contribution in [0.3, 0.4) is 0 Å². The van der Waals surface area contributed by atoms with Crippen molar-refractivity contribution in [3.05, 3.63) is 108 Å². The van der Waals surface area contributed by atoms with Crippen LogP contribution in [0.15, 0.2) is 91.0 Å². The van der Waals surface area contributed by atoms with E-state index in [-0.39, 0.29) is 13.2 Å². The lowest BCUT2D eigenvalue weighted by Crippen LogP contribution is -2.42. The lowest BCUT2D eigenvalue weighted by molar-refractivity contribution is -0.165. The number of hydrogen-bond acceptors (Lipinski definition) is 6. The van der Waals surface area contributed by atoms with Crippen LogP contribution in [-0.4, -0.2) is 43.5 Å². The quantitative estimate of drug-likeness (QED) is 0.370. The van der Waals surface area contributed by atoms with Crippen LogP contribution in [0.4, 0.5) is 0 Å². The van der Waals surface area contributed by atoms with E-state index in [1.54, 1.807) is 0 Å². The van der Waals surface area contributed by atoms with Gasteiger partial charge in [0.15, 0.2) is 12.2 Å². The molecule has 0 amide bonds. The fourth-order valence-electron chi connectivity index (χ4n) is 4.42. The number of benzene rings is 3. The summed E-state index contributed by atoms with van der Waals surface area (Å²) in [4.78, 5) is 23.3. The van der Waals surface area contributed by atoms with Crippen LogP contribution >= 0.6 is 0 Å². The van der Waals surface area contributed by atoms with Crippen LogP contribution in [-0.2, 0) is 34.1 Å². The van der Waals surface area contributed by atoms with Gasteiger partial charge in [-0.1, -0.05) is 91.0 Å². The van der Waals surface area contributed by atoms with E-state index in [0.717, 1.165) is 16.7 Å². The predicted molar refractivity (Wildman–Crippen MR) is 126 cm³/mol. The number of hydrogen-bond donors (Lipinski definition) is 0. The molecule has 1 aliphatic heterocycles. The van der Waals surface area contributed by atoms with Gasteiger partial charge in [0, 0.05) is 13.8 Å². The van der Waals surface area contributed by atoms with Crippen molar-refractivity contribution in [1.82, 2.24) is 0 Å². The normalized spacial score (nSPS) is 20.0. The predicted octanol–water partition coefficient (Wildman–Crippen LogP) is 4.26. The minimum Gasteiger partial charge on any atom is -0.456 e. The van der Waals surface area contributed by atoms with Crippen molar-refractivity contribution in [2.45, 2.75) is 37.8 Å². The SMILES string of the molecule is CC(=O)O[C@H]1[C@@H](OC(C)=O)CO[C@@H]1COC(c1ccccc1)(c1ccccc1)c1ccccc1. The zero-order valence-corrected chi connectivity index (χ0v) is 19.3. The molecule has 34 heavy (non-hydrogen) atoms. The molecule has 3 atom stereocenters. The average molecular weight is 461 g/mol. The summed E-state index contributed by atoms with van der Waals surface area (Å²) in [6, 6.07) is 29.9. The Bertz CT molecular complexity index is 987. The Morgan fingerprint density at radius 1 is 0.765 bits per heavy atom. The fraction of sp³-hybridized carbons (Fsp3) is 0.286. The van der Waals surface area contributed by atoms with Gasteiger partial charge in [-0.15, -0.1) is 0 Å². The molecule has 6 nitrogen and oxygen atoms in total. The second-order valence-electron chi connectivity index (χ2n) is 8.18. The van der Waals surface area contributed by atoms with E-state index >= 15 is 0 Å². The maximum Gasteiger partial charge on any atom is 0.303 e. The summed E-state index contributed by atoms with van der Waals surface area (Å²) >= 11 is 0. The van der Waals surface area contributed by atoms with Crippen LogP contribution in [0.25, 0.3) is 0 Å². The highest BCUT2D eigenvalue weighted by molar-refractivity contribution is 5.67. The first-order valence-corrected chi connectivity index (χ1v) is 11.3. The number of rotatable bonds is 8. The van der Waals surface area contributed by atoms with Crippen LogP contribution in [0.5, 0.6) is 0 Å². The van der Waals surface area contributed by atoms with Gasteiger partial charge >= 0.3 is 11.9 Å². The van der Waals surface area contributed by atoms with Crippen LogP contribution in [0, 0.1) is 0 Å². The molecule has 0 unspecified atom stereocenters. The molecule has 176 valence electrons. The molecule has 1 saturated heterocycles. The van der Waals surface area contributed by atoms with Gasteiger partial charge in [0.25, 0.3) is 0 Å². The fourth-order valence-corrected chi connectivity index (χ4v) is 4.42. The summed E-state index contributed by atoms with van der Waals surface area (Å²) in [5.74, 6) is -0.933. The van der Waals surface area contributed by atoms with Crippen molar-refractivity contribution < 1.29 is 28.5 Å². The topological polar surface area (TPSA) is 71.1 Å². The van der Waals surface area contributed by atoms with Gasteiger partial charge < -0.3 is 18.9 Å². The molecule has 6 heteroatoms. The second kappa shape index (κ2) is 10.6. The van der Waals surface area contributed by atoms with E-state index in [2.05, 4.69) is 0 Å². The average Bonchev–Trinajstić information content (AvgIpc) is 3.21. The van der Waals surface area contributed by atoms with Gasteiger partial charge in [-0.25, -0.2) is 0 Å². The Labute approximate surface area is 199 Å². The Kier molecular flexibility index (Phi) is 7.40. The molecule has 1 fully saturated rings. The van der Waals surface area contributed by atoms with Gasteiger partial charge in [-0.2, -0.15) is 0 Å². The zero-order valence-electron chi connectivity index (χ0n) is 19.3. The lowest BCUT2D eigenvalue weighted by Gasteiger charge is -2.37. The highest BCUT2D eigenvalue weighted by atomic mass is 16.6. The molecule has 3 aromatic carbocycles. The first-order chi connectivity index (χ1) is 16.5. The minimum absolute atomic E-state index is 0.106. The third kappa shape index (κ3) is 5.03. The minimum atomic E-state index is -0.937. The highest BCUT2D eigenvalue weighted by Gasteiger charge is 2.45. The first kappa shape index (κ1) is 23.7. The first-order valence-electron chi connectivity index (χ1n) is 11.3. The Morgan fingerprint density at radius 2 is 1.21 bits per heavy atom. The van der Waals surface area contributed by atoms with Crippen LogP contribution in [0.2, 0.25) is 0 Å². The maximum atomic E-state index is 11.8. The summed E-state index contributed by atoms with van der Waals surface area (Å²) in [6.45, 7) is 2.87. The van der Waals surface area contributed by atoms with Gasteiger partial charge in [0.1, 0.15) is 11.7 Å². The number of esters is 2. The summed E-state index contributed by atoms with van der Waals surface area (Å²) in [5.41, 5.74) is 1.91. The Morgan fingerprint density at radius 3 is 1.62 bits per heavy atom. The van der Waals surface area contributed by atoms with Gasteiger partial charge in [0.2, 0.25) is 0 Å². The smallest absolute Gasteiger partial charge is 0.303 e. The Balaban J connectivity index is 1.73. The molecule has 0 N–H and O–H groups in total. The molecule has 0 bridgehead atoms. The van der Waals surface area contributed by atoms with Crippen molar-refractivity contribution >= 4 is 11.9 Å². The van der Waals surface area contributed by atoms with Crippen molar-refractivity contribution in [2.75, 3.05) is 13.2 Å². The van der Waals surface area contributed by atoms with Crippen molar-refractivity contribution in [2.24, 2.45) is 0 Å². The van der Waals surface area contributed by atoms with Crippen molar-refractivity contribution in [3.63, 3.8) is 0 Å². The van der Waals surface area contributed by atoms with E-state index in [1.807, 2.05) is 91.0 Å². The van der Waals surface area contributed by atoms with E-state index in [9.17, 15) is 9.59 Å². The largest absolute Gasteiger partial charge is 0.456 e. The third-order valence-electron chi connectivity index (χ3n) is 5.83. The molecule has 4 rings (SSSR count). The summed E-state index contributed by atoms with van der Waals surface area (Å²) in [6.07, 6.45) is -2.06. The monoisotopic (exact) mass is 460 g/mol. The molecule has 0 spiro atoms. The number of carbonyl (C=O) groups excluding carboxylic acids is 2. The molecule has 1 aliphatic rings. The molecular weight excluding hydrogens is 432 g/mol. The van der Waals surface area contributed by atoms with Crippen LogP contribution in [0.1, 0.15) is 30.5 Å². The standard InChI is InChI=1S/C28H28O6/c1-20(29)33-26-18-31-25(27(26)34-21(2)30)19-32-28(22-12-6-3-7-13-22,23-14-8-4-9-15-23)24-16-10-5-11-17-24/h3-17,25-27H,18-19H2,1-2H3/t25-,26+,27-/m1/s1. The Hall–Kier alpha value is -3.48. The third-order valence-corrected chi connectivity index (χ3v) is 5.83. The number of carbonyl (C=O) groups is 2. The molecule has 0 saturated carbocycles. The lowest BCUT2D eigenvalue weighted by atomic mass is 9.80. The van der Waals surface area contributed by atoms with Gasteiger partial charge in [-0.05, 0) is 16.7 Å². The highest BCUT2D eigenvalue weighted by Crippen LogP contribution is 2.41. The number of ether oxygens (including phenoxy) is 4. The van der Waals surface area contributed by atoms with E-state index in [0.29, 0.717) is 0 Å². The summed E-state index contributed by atoms with van der Waals surface area (Å²) in [7, 11) is 0. The maximum absolute atomic E-state index is 11.8. The summed E-state index contributed by atoms with van der Waals surface area (Å²) in [5, 5.41) is 0. The van der Waals surface area contributed by atoms with Crippen molar-refractivity contribution in [3.8, 4) is 0 Å². The van der Waals surface area contributed by atoms with E-state index in [4.69, 9.17) is 18.9 Å². The van der Waals surface area contributed by atoms with Gasteiger partial charge in [-0.3, -0.25) is 9.59 Å². The van der Waals surface area contributed by atoms with Gasteiger partial charge in [0.05, 0.1) is 13.2 Å². The van der Waals surface area contributed by atoms with Crippen LogP contribution < -0.4 is 0 Å².